The van der Waals surface area contributed by atoms with Crippen molar-refractivity contribution in [2.24, 2.45) is 0 Å². The average molecular weight is 401 g/mol. The Morgan fingerprint density at radius 2 is 1.66 bits per heavy atom. The smallest absolute Gasteiger partial charge is 0.318 e. The maximum absolute atomic E-state index is 13.1. The molecule has 156 valence electrons. The summed E-state index contributed by atoms with van der Waals surface area (Å²) in [6.07, 6.45) is 2.60. The number of carbonyl (C=O) groups excluding carboxylic acids is 4. The minimum Gasteiger partial charge on any atom is -0.458 e. The van der Waals surface area contributed by atoms with Crippen molar-refractivity contribution in [2.45, 2.75) is 51.2 Å². The molecule has 0 saturated carbocycles. The summed E-state index contributed by atoms with van der Waals surface area (Å²) in [5.41, 5.74) is 0.985. The molecule has 29 heavy (non-hydrogen) atoms. The molecular weight excluding hydrogens is 374 g/mol. The van der Waals surface area contributed by atoms with E-state index in [1.807, 2.05) is 30.3 Å². The Morgan fingerprint density at radius 3 is 2.34 bits per heavy atom. The third-order valence-electron chi connectivity index (χ3n) is 5.41. The van der Waals surface area contributed by atoms with Gasteiger partial charge in [0.15, 0.2) is 12.4 Å². The zero-order valence-electron chi connectivity index (χ0n) is 16.6. The first-order chi connectivity index (χ1) is 14.0. The van der Waals surface area contributed by atoms with Crippen LogP contribution in [0.3, 0.4) is 0 Å². The first-order valence-corrected chi connectivity index (χ1v) is 10.0. The molecule has 2 saturated heterocycles. The molecule has 0 radical (unpaired) electrons. The Kier molecular flexibility index (Phi) is 6.85. The van der Waals surface area contributed by atoms with Crippen LogP contribution in [0, 0.1) is 0 Å². The van der Waals surface area contributed by atoms with Gasteiger partial charge in [-0.2, -0.15) is 0 Å². The van der Waals surface area contributed by atoms with Crippen molar-refractivity contribution in [1.82, 2.24) is 15.1 Å². The molecule has 2 aliphatic heterocycles. The molecule has 2 aliphatic rings. The number of ether oxygens (including phenoxy) is 1. The third kappa shape index (κ3) is 5.13. The van der Waals surface area contributed by atoms with Gasteiger partial charge in [-0.05, 0) is 31.2 Å². The van der Waals surface area contributed by atoms with Crippen LogP contribution in [0.5, 0.6) is 0 Å². The highest BCUT2D eigenvalue weighted by Crippen LogP contribution is 2.25. The topological polar surface area (TPSA) is 96.0 Å². The first-order valence-electron chi connectivity index (χ1n) is 10.0. The maximum Gasteiger partial charge on any atom is 0.318 e. The Hall–Kier alpha value is -2.90. The summed E-state index contributed by atoms with van der Waals surface area (Å²) < 4.78 is 4.80. The van der Waals surface area contributed by atoms with Crippen molar-refractivity contribution in [1.29, 1.82) is 0 Å². The molecule has 3 rings (SSSR count). The van der Waals surface area contributed by atoms with E-state index in [4.69, 9.17) is 4.74 Å². The van der Waals surface area contributed by atoms with Crippen LogP contribution in [0.4, 0.5) is 4.79 Å². The number of rotatable bonds is 6. The number of esters is 1. The highest BCUT2D eigenvalue weighted by atomic mass is 16.5. The summed E-state index contributed by atoms with van der Waals surface area (Å²) >= 11 is 0. The molecule has 3 amide bonds. The van der Waals surface area contributed by atoms with Gasteiger partial charge in [0.25, 0.3) is 0 Å². The molecule has 0 spiro atoms. The molecule has 2 heterocycles. The summed E-state index contributed by atoms with van der Waals surface area (Å²) in [6, 6.07) is 8.16. The van der Waals surface area contributed by atoms with Crippen molar-refractivity contribution >= 4 is 23.7 Å². The molecular formula is C21H27N3O5. The predicted octanol–water partition coefficient (Wildman–Crippen LogP) is 1.48. The number of likely N-dealkylation sites (tertiary alicyclic amines) is 2. The molecule has 0 aliphatic carbocycles. The number of hydrogen-bond acceptors (Lipinski definition) is 5. The van der Waals surface area contributed by atoms with Crippen LogP contribution in [-0.2, 0) is 25.7 Å². The van der Waals surface area contributed by atoms with Gasteiger partial charge in [-0.3, -0.25) is 14.4 Å². The molecule has 8 nitrogen and oxygen atoms in total. The fraction of sp³-hybridized carbons (Fsp3) is 0.524. The fourth-order valence-corrected chi connectivity index (χ4v) is 3.97. The van der Waals surface area contributed by atoms with E-state index in [1.54, 1.807) is 9.80 Å². The SMILES string of the molecule is CC(=O)OCC(=O)[C@@H]1CCCN1C(=O)[C@@H]1CCCN1C(=O)NCc1ccccc1. The second-order valence-corrected chi connectivity index (χ2v) is 7.43. The van der Waals surface area contributed by atoms with Crippen molar-refractivity contribution in [3.05, 3.63) is 35.9 Å². The van der Waals surface area contributed by atoms with Crippen LogP contribution in [0.15, 0.2) is 30.3 Å². The largest absolute Gasteiger partial charge is 0.458 e. The van der Waals surface area contributed by atoms with Gasteiger partial charge in [0, 0.05) is 26.6 Å². The molecule has 0 unspecified atom stereocenters. The number of urea groups is 1. The van der Waals surface area contributed by atoms with E-state index in [0.717, 1.165) is 18.4 Å². The van der Waals surface area contributed by atoms with E-state index in [2.05, 4.69) is 5.32 Å². The van der Waals surface area contributed by atoms with Crippen LogP contribution in [0.2, 0.25) is 0 Å². The molecule has 2 atom stereocenters. The fourth-order valence-electron chi connectivity index (χ4n) is 3.97. The molecule has 1 aromatic rings. The summed E-state index contributed by atoms with van der Waals surface area (Å²) in [7, 11) is 0. The lowest BCUT2D eigenvalue weighted by Gasteiger charge is -2.31. The Labute approximate surface area is 170 Å². The van der Waals surface area contributed by atoms with Gasteiger partial charge in [0.2, 0.25) is 5.91 Å². The number of hydrogen-bond donors (Lipinski definition) is 1. The molecule has 0 aromatic heterocycles. The van der Waals surface area contributed by atoms with Gasteiger partial charge in [0.05, 0.1) is 6.04 Å². The maximum atomic E-state index is 13.1. The number of carbonyl (C=O) groups is 4. The second-order valence-electron chi connectivity index (χ2n) is 7.43. The second kappa shape index (κ2) is 9.54. The van der Waals surface area contributed by atoms with E-state index in [9.17, 15) is 19.2 Å². The third-order valence-corrected chi connectivity index (χ3v) is 5.41. The molecule has 1 N–H and O–H groups in total. The van der Waals surface area contributed by atoms with E-state index >= 15 is 0 Å². The summed E-state index contributed by atoms with van der Waals surface area (Å²) in [5, 5.41) is 2.87. The van der Waals surface area contributed by atoms with E-state index in [1.165, 1.54) is 6.92 Å². The zero-order chi connectivity index (χ0) is 20.8. The highest BCUT2D eigenvalue weighted by Gasteiger charge is 2.42. The molecule has 0 bridgehead atoms. The Morgan fingerprint density at radius 1 is 1.00 bits per heavy atom. The lowest BCUT2D eigenvalue weighted by atomic mass is 10.1. The predicted molar refractivity (Wildman–Crippen MR) is 105 cm³/mol. The number of nitrogens with one attached hydrogen (secondary N) is 1. The minimum absolute atomic E-state index is 0.198. The highest BCUT2D eigenvalue weighted by molar-refractivity contribution is 5.94. The van der Waals surface area contributed by atoms with Gasteiger partial charge in [0.1, 0.15) is 6.04 Å². The summed E-state index contributed by atoms with van der Waals surface area (Å²) in [4.78, 5) is 52.3. The molecule has 1 aromatic carbocycles. The first kappa shape index (κ1) is 20.8. The lowest BCUT2D eigenvalue weighted by Crippen LogP contribution is -2.53. The zero-order valence-corrected chi connectivity index (χ0v) is 16.6. The Balaban J connectivity index is 1.60. The van der Waals surface area contributed by atoms with Crippen molar-refractivity contribution in [3.63, 3.8) is 0 Å². The van der Waals surface area contributed by atoms with Crippen LogP contribution in [-0.4, -0.2) is 65.3 Å². The number of nitrogens with zero attached hydrogens (tertiary/aromatic N) is 2. The Bertz CT molecular complexity index is 767. The summed E-state index contributed by atoms with van der Waals surface area (Å²) in [6.45, 7) is 2.30. The van der Waals surface area contributed by atoms with Crippen molar-refractivity contribution in [2.75, 3.05) is 19.7 Å². The lowest BCUT2D eigenvalue weighted by molar-refractivity contribution is -0.148. The van der Waals surface area contributed by atoms with Gasteiger partial charge < -0.3 is 19.9 Å². The average Bonchev–Trinajstić information content (AvgIpc) is 3.40. The van der Waals surface area contributed by atoms with Crippen molar-refractivity contribution < 1.29 is 23.9 Å². The van der Waals surface area contributed by atoms with Crippen LogP contribution < -0.4 is 5.32 Å². The van der Waals surface area contributed by atoms with Gasteiger partial charge in [-0.15, -0.1) is 0 Å². The number of ketones is 1. The molecule has 2 fully saturated rings. The van der Waals surface area contributed by atoms with Gasteiger partial charge in [-0.25, -0.2) is 4.79 Å². The minimum atomic E-state index is -0.586. The van der Waals surface area contributed by atoms with Crippen LogP contribution >= 0.6 is 0 Å². The van der Waals surface area contributed by atoms with E-state index < -0.39 is 18.1 Å². The number of benzene rings is 1. The van der Waals surface area contributed by atoms with Crippen molar-refractivity contribution in [3.8, 4) is 0 Å². The van der Waals surface area contributed by atoms with Crippen LogP contribution in [0.25, 0.3) is 0 Å². The number of Topliss-reactive ketones (excluding diaryl/α,β-unsaturated/α-hetero) is 1. The quantitative estimate of drug-likeness (QED) is 0.729. The monoisotopic (exact) mass is 401 g/mol. The van der Waals surface area contributed by atoms with Crippen LogP contribution in [0.1, 0.15) is 38.2 Å². The summed E-state index contributed by atoms with van der Waals surface area (Å²) in [5.74, 6) is -0.994. The van der Waals surface area contributed by atoms with Gasteiger partial charge >= 0.3 is 12.0 Å². The van der Waals surface area contributed by atoms with E-state index in [0.29, 0.717) is 32.5 Å². The number of amides is 3. The standard InChI is InChI=1S/C21H27N3O5/c1-15(25)29-14-19(26)17-9-5-11-23(17)20(27)18-10-6-12-24(18)21(28)22-13-16-7-3-2-4-8-16/h2-4,7-8,17-18H,5-6,9-14H2,1H3,(H,22,28)/t17-,18-/m0/s1. The van der Waals surface area contributed by atoms with Gasteiger partial charge in [-0.1, -0.05) is 30.3 Å². The normalized spacial score (nSPS) is 21.1. The molecule has 8 heteroatoms. The van der Waals surface area contributed by atoms with E-state index in [-0.39, 0.29) is 24.3 Å².